The van der Waals surface area contributed by atoms with Crippen LogP contribution >= 0.6 is 0 Å². The molecule has 246 valence electrons. The number of carbonyl (C=O) groups excluding carboxylic acids is 1. The summed E-state index contributed by atoms with van der Waals surface area (Å²) in [4.78, 5) is 19.0. The van der Waals surface area contributed by atoms with E-state index in [0.29, 0.717) is 13.0 Å². The van der Waals surface area contributed by atoms with Crippen LogP contribution in [-0.4, -0.2) is 105 Å². The molecule has 0 radical (unpaired) electrons. The summed E-state index contributed by atoms with van der Waals surface area (Å²) in [5.41, 5.74) is 16.7. The third kappa shape index (κ3) is 12.5. The second-order valence-corrected chi connectivity index (χ2v) is 12.3. The Kier molecular flexibility index (Phi) is 16.9. The number of rotatable bonds is 16. The van der Waals surface area contributed by atoms with E-state index in [1.54, 1.807) is 20.4 Å². The number of nitrogens with one attached hydrogen (secondary N) is 1. The Morgan fingerprint density at radius 1 is 1.09 bits per heavy atom. The molecule has 0 aromatic heterocycles. The van der Waals surface area contributed by atoms with Crippen molar-refractivity contribution in [3.8, 4) is 0 Å². The highest BCUT2D eigenvalue weighted by atomic mass is 16.7. The van der Waals surface area contributed by atoms with Crippen LogP contribution in [0.15, 0.2) is 39.9 Å². The molecule has 10 nitrogen and oxygen atoms in total. The highest BCUT2D eigenvalue weighted by molar-refractivity contribution is 5.81. The minimum absolute atomic E-state index is 0.0257. The zero-order chi connectivity index (χ0) is 31.9. The van der Waals surface area contributed by atoms with Crippen LogP contribution in [0.2, 0.25) is 0 Å². The molecule has 0 aromatic carbocycles. The fraction of sp³-hybridized carbons (Fsp3) is 0.758. The Hall–Kier alpha value is -1.92. The second-order valence-electron chi connectivity index (χ2n) is 12.3. The Morgan fingerprint density at radius 3 is 2.47 bits per heavy atom. The summed E-state index contributed by atoms with van der Waals surface area (Å²) in [5, 5.41) is 14.7. The van der Waals surface area contributed by atoms with Crippen LogP contribution in [0.5, 0.6) is 0 Å². The molecule has 43 heavy (non-hydrogen) atoms. The predicted octanol–water partition coefficient (Wildman–Crippen LogP) is 3.24. The van der Waals surface area contributed by atoms with Gasteiger partial charge in [0.05, 0.1) is 24.3 Å². The number of nitrogens with two attached hydrogens (primary N) is 2. The van der Waals surface area contributed by atoms with Crippen LogP contribution < -0.4 is 16.8 Å². The van der Waals surface area contributed by atoms with Gasteiger partial charge in [0.25, 0.3) is 0 Å². The maximum atomic E-state index is 13.1. The smallest absolute Gasteiger partial charge is 0.244 e. The Bertz CT molecular complexity index is 961. The van der Waals surface area contributed by atoms with Gasteiger partial charge < -0.3 is 41.0 Å². The van der Waals surface area contributed by atoms with Gasteiger partial charge in [0.15, 0.2) is 6.29 Å². The molecule has 1 aliphatic carbocycles. The third-order valence-corrected chi connectivity index (χ3v) is 8.36. The number of aliphatic imine (C=N–C) groups is 1. The van der Waals surface area contributed by atoms with E-state index < -0.39 is 36.7 Å². The van der Waals surface area contributed by atoms with Gasteiger partial charge in [-0.15, -0.1) is 0 Å². The number of aliphatic hydroxyl groups excluding tert-OH is 1. The monoisotopic (exact) mass is 605 g/mol. The number of hydrogen-bond acceptors (Lipinski definition) is 9. The molecule has 2 rings (SSSR count). The van der Waals surface area contributed by atoms with Crippen LogP contribution in [0, 0.1) is 0 Å². The molecule has 1 heterocycles. The number of amides is 1. The van der Waals surface area contributed by atoms with E-state index in [1.165, 1.54) is 21.6 Å². The lowest BCUT2D eigenvalue weighted by atomic mass is 9.83. The SMILES string of the molecule is CCNCC1CC[C@@H](N)[C@@H](O[C@H]2C(N)C[C@H](OC)C(N(C)C(=O)C/N=C/C=C(\C)CC/C=C(\C)CCC=C(C)C)[C@@H]2O)O1. The first-order chi connectivity index (χ1) is 20.5. The summed E-state index contributed by atoms with van der Waals surface area (Å²) >= 11 is 0. The average molecular weight is 606 g/mol. The number of aliphatic hydroxyl groups is 1. The van der Waals surface area contributed by atoms with Crippen molar-refractivity contribution < 1.29 is 24.1 Å². The third-order valence-electron chi connectivity index (χ3n) is 8.36. The summed E-state index contributed by atoms with van der Waals surface area (Å²) in [6, 6.07) is -1.49. The number of allylic oxidation sites excluding steroid dienone is 6. The van der Waals surface area contributed by atoms with Crippen molar-refractivity contribution in [2.75, 3.05) is 33.8 Å². The summed E-state index contributed by atoms with van der Waals surface area (Å²) in [7, 11) is 3.22. The van der Waals surface area contributed by atoms with E-state index in [4.69, 9.17) is 25.7 Å². The first kappa shape index (κ1) is 37.3. The van der Waals surface area contributed by atoms with E-state index in [2.05, 4.69) is 50.2 Å². The Labute approximate surface area is 260 Å². The van der Waals surface area contributed by atoms with Gasteiger partial charge in [0.1, 0.15) is 18.8 Å². The van der Waals surface area contributed by atoms with Crippen LogP contribution in [0.1, 0.15) is 79.6 Å². The van der Waals surface area contributed by atoms with Gasteiger partial charge in [-0.2, -0.15) is 0 Å². The molecule has 2 aliphatic rings. The number of nitrogens with zero attached hydrogens (tertiary/aromatic N) is 2. The molecular formula is C33H59N5O5. The molecular weight excluding hydrogens is 546 g/mol. The number of hydrogen-bond donors (Lipinski definition) is 4. The van der Waals surface area contributed by atoms with Gasteiger partial charge in [-0.25, -0.2) is 0 Å². The lowest BCUT2D eigenvalue weighted by Gasteiger charge is -2.48. The molecule has 0 aromatic rings. The van der Waals surface area contributed by atoms with Crippen LogP contribution in [0.3, 0.4) is 0 Å². The van der Waals surface area contributed by atoms with E-state index in [0.717, 1.165) is 45.1 Å². The van der Waals surface area contributed by atoms with Gasteiger partial charge in [-0.3, -0.25) is 9.79 Å². The standard InChI is InChI=1S/C33H59N5O5/c1-8-36-20-25-15-16-26(34)33(42-25)43-32-27(35)19-28(41-7)30(31(32)40)38(6)29(39)21-37-18-17-24(5)14-10-13-23(4)12-9-11-22(2)3/h11,13,17-18,25-28,30-33,36,40H,8-10,12,14-16,19-21,34-35H2,1-7H3/b23-13+,24-17+,37-18+/t25?,26-,27?,28+,30?,31+,32+,33-/m1/s1. The molecule has 6 N–H and O–H groups in total. The number of likely N-dealkylation sites (N-methyl/N-ethyl adjacent to an activating group) is 2. The maximum Gasteiger partial charge on any atom is 0.244 e. The largest absolute Gasteiger partial charge is 0.388 e. The van der Waals surface area contributed by atoms with Crippen LogP contribution in [0.4, 0.5) is 0 Å². The lowest BCUT2D eigenvalue weighted by Crippen LogP contribution is -2.66. The average Bonchev–Trinajstić information content (AvgIpc) is 2.96. The zero-order valence-corrected chi connectivity index (χ0v) is 27.6. The van der Waals surface area contributed by atoms with Crippen molar-refractivity contribution in [3.05, 3.63) is 34.9 Å². The van der Waals surface area contributed by atoms with Gasteiger partial charge in [0.2, 0.25) is 5.91 Å². The summed E-state index contributed by atoms with van der Waals surface area (Å²) in [5.74, 6) is -0.228. The molecule has 1 aliphatic heterocycles. The molecule has 1 saturated heterocycles. The zero-order valence-electron chi connectivity index (χ0n) is 27.6. The molecule has 1 amide bonds. The highest BCUT2D eigenvalue weighted by Crippen LogP contribution is 2.30. The quantitative estimate of drug-likeness (QED) is 0.155. The maximum absolute atomic E-state index is 13.1. The van der Waals surface area contributed by atoms with Crippen molar-refractivity contribution >= 4 is 12.1 Å². The predicted molar refractivity (Wildman–Crippen MR) is 174 cm³/mol. The van der Waals surface area contributed by atoms with Gasteiger partial charge >= 0.3 is 0 Å². The molecule has 3 unspecified atom stereocenters. The van der Waals surface area contributed by atoms with Gasteiger partial charge in [-0.1, -0.05) is 35.8 Å². The molecule has 2 fully saturated rings. The Morgan fingerprint density at radius 2 is 1.79 bits per heavy atom. The van der Waals surface area contributed by atoms with Crippen molar-refractivity contribution in [2.24, 2.45) is 16.5 Å². The van der Waals surface area contributed by atoms with E-state index in [9.17, 15) is 9.90 Å². The van der Waals surface area contributed by atoms with Crippen molar-refractivity contribution in [2.45, 2.75) is 128 Å². The van der Waals surface area contributed by atoms with Crippen molar-refractivity contribution in [1.29, 1.82) is 0 Å². The van der Waals surface area contributed by atoms with Gasteiger partial charge in [0, 0.05) is 33.0 Å². The van der Waals surface area contributed by atoms with Crippen molar-refractivity contribution in [3.63, 3.8) is 0 Å². The molecule has 0 bridgehead atoms. The highest BCUT2D eigenvalue weighted by Gasteiger charge is 2.48. The molecule has 0 spiro atoms. The summed E-state index contributed by atoms with van der Waals surface area (Å²) in [6.45, 7) is 12.1. The first-order valence-electron chi connectivity index (χ1n) is 15.9. The van der Waals surface area contributed by atoms with Crippen LogP contribution in [-0.2, 0) is 19.0 Å². The normalized spacial score (nSPS) is 30.5. The number of ether oxygens (including phenoxy) is 3. The number of carbonyl (C=O) groups is 1. The minimum atomic E-state index is -1.09. The van der Waals surface area contributed by atoms with E-state index in [1.807, 2.05) is 13.0 Å². The summed E-state index contributed by atoms with van der Waals surface area (Å²) in [6.07, 6.45) is 11.3. The van der Waals surface area contributed by atoms with E-state index in [-0.39, 0.29) is 24.6 Å². The van der Waals surface area contributed by atoms with Gasteiger partial charge in [-0.05, 0) is 85.3 Å². The topological polar surface area (TPSA) is 145 Å². The van der Waals surface area contributed by atoms with E-state index >= 15 is 0 Å². The first-order valence-corrected chi connectivity index (χ1v) is 15.9. The minimum Gasteiger partial charge on any atom is -0.388 e. The van der Waals surface area contributed by atoms with Crippen molar-refractivity contribution in [1.82, 2.24) is 10.2 Å². The molecule has 10 heteroatoms. The fourth-order valence-electron chi connectivity index (χ4n) is 5.63. The molecule has 8 atom stereocenters. The lowest BCUT2D eigenvalue weighted by molar-refractivity contribution is -0.254. The molecule has 1 saturated carbocycles. The fourth-order valence-corrected chi connectivity index (χ4v) is 5.63. The second kappa shape index (κ2) is 19.5. The number of methoxy groups -OCH3 is 1. The van der Waals surface area contributed by atoms with Crippen LogP contribution in [0.25, 0.3) is 0 Å². The summed E-state index contributed by atoms with van der Waals surface area (Å²) < 4.78 is 18.0. The Balaban J connectivity index is 1.94.